The van der Waals surface area contributed by atoms with E-state index in [-0.39, 0.29) is 0 Å². The highest BCUT2D eigenvalue weighted by Gasteiger charge is 2.21. The normalized spacial score (nSPS) is 30.0. The summed E-state index contributed by atoms with van der Waals surface area (Å²) in [5.74, 6) is 0. The Balaban J connectivity index is 2.36. The van der Waals surface area contributed by atoms with Crippen LogP contribution < -0.4 is 5.32 Å². The molecule has 0 bridgehead atoms. The maximum absolute atomic E-state index is 4.25. The smallest absolute Gasteiger partial charge is 0.0925 e. The van der Waals surface area contributed by atoms with E-state index in [1.54, 1.807) is 6.33 Å². The first-order valence-electron chi connectivity index (χ1n) is 4.05. The minimum Gasteiger partial charge on any atom is -0.348 e. The van der Waals surface area contributed by atoms with Crippen LogP contribution in [-0.4, -0.2) is 16.0 Å². The maximum Gasteiger partial charge on any atom is 0.0925 e. The molecule has 60 valence electrons. The Morgan fingerprint density at radius 1 is 1.55 bits per heavy atom. The van der Waals surface area contributed by atoms with E-state index in [2.05, 4.69) is 29.1 Å². The second kappa shape index (κ2) is 2.34. The lowest BCUT2D eigenvalue weighted by atomic mass is 10.0. The van der Waals surface area contributed by atoms with Gasteiger partial charge in [0.2, 0.25) is 0 Å². The number of fused-ring (bicyclic) bond motifs is 1. The Kier molecular flexibility index (Phi) is 1.46. The Morgan fingerprint density at radius 2 is 2.36 bits per heavy atom. The molecule has 2 N–H and O–H groups in total. The molecule has 1 aliphatic heterocycles. The first-order valence-corrected chi connectivity index (χ1v) is 4.05. The quantitative estimate of drug-likeness (QED) is 0.581. The van der Waals surface area contributed by atoms with Gasteiger partial charge >= 0.3 is 0 Å². The molecular formula is C8H13N3. The number of nitrogens with zero attached hydrogens (tertiary/aromatic N) is 1. The topological polar surface area (TPSA) is 40.7 Å². The van der Waals surface area contributed by atoms with Gasteiger partial charge in [-0.15, -0.1) is 0 Å². The van der Waals surface area contributed by atoms with Crippen molar-refractivity contribution in [2.75, 3.05) is 0 Å². The molecule has 3 heteroatoms. The lowest BCUT2D eigenvalue weighted by molar-refractivity contribution is 0.436. The predicted octanol–water partition coefficient (Wildman–Crippen LogP) is 1.00. The van der Waals surface area contributed by atoms with Crippen molar-refractivity contribution in [3.05, 3.63) is 17.7 Å². The third-order valence-electron chi connectivity index (χ3n) is 2.21. The van der Waals surface area contributed by atoms with Crippen molar-refractivity contribution in [3.63, 3.8) is 0 Å². The average molecular weight is 151 g/mol. The van der Waals surface area contributed by atoms with Gasteiger partial charge in [0.25, 0.3) is 0 Å². The van der Waals surface area contributed by atoms with Crippen molar-refractivity contribution < 1.29 is 0 Å². The Hall–Kier alpha value is -0.830. The van der Waals surface area contributed by atoms with Crippen molar-refractivity contribution in [1.29, 1.82) is 0 Å². The van der Waals surface area contributed by atoms with Crippen LogP contribution in [0.3, 0.4) is 0 Å². The monoisotopic (exact) mass is 151 g/mol. The predicted molar refractivity (Wildman–Crippen MR) is 43.3 cm³/mol. The number of rotatable bonds is 0. The second-order valence-corrected chi connectivity index (χ2v) is 3.26. The SMILES string of the molecule is C[C@H]1Cc2[nH]cnc2[C@@H](C)N1. The van der Waals surface area contributed by atoms with Crippen LogP contribution in [0.1, 0.15) is 31.3 Å². The standard InChI is InChI=1S/C8H13N3/c1-5-3-7-8(6(2)11-5)10-4-9-7/h4-6,11H,3H2,1-2H3,(H,9,10)/t5-,6+/m0/s1. The zero-order valence-corrected chi connectivity index (χ0v) is 6.89. The molecule has 0 saturated heterocycles. The van der Waals surface area contributed by atoms with Gasteiger partial charge in [0.05, 0.1) is 12.0 Å². The highest BCUT2D eigenvalue weighted by atomic mass is 15.0. The number of imidazole rings is 1. The lowest BCUT2D eigenvalue weighted by Crippen LogP contribution is -2.35. The Morgan fingerprint density at radius 3 is 3.18 bits per heavy atom. The summed E-state index contributed by atoms with van der Waals surface area (Å²) in [5.41, 5.74) is 2.48. The molecule has 0 aromatic carbocycles. The van der Waals surface area contributed by atoms with Crippen molar-refractivity contribution in [1.82, 2.24) is 15.3 Å². The van der Waals surface area contributed by atoms with E-state index in [4.69, 9.17) is 0 Å². The molecule has 2 heterocycles. The van der Waals surface area contributed by atoms with Crippen molar-refractivity contribution in [2.45, 2.75) is 32.4 Å². The molecule has 2 atom stereocenters. The summed E-state index contributed by atoms with van der Waals surface area (Å²) in [6.07, 6.45) is 2.85. The van der Waals surface area contributed by atoms with Crippen LogP contribution in [0.25, 0.3) is 0 Å². The number of hydrogen-bond acceptors (Lipinski definition) is 2. The van der Waals surface area contributed by atoms with Gasteiger partial charge < -0.3 is 10.3 Å². The molecule has 0 spiro atoms. The van der Waals surface area contributed by atoms with Crippen LogP contribution in [0.5, 0.6) is 0 Å². The zero-order valence-electron chi connectivity index (χ0n) is 6.89. The molecule has 0 fully saturated rings. The van der Waals surface area contributed by atoms with Gasteiger partial charge in [0, 0.05) is 24.2 Å². The summed E-state index contributed by atoms with van der Waals surface area (Å²) in [4.78, 5) is 7.42. The Labute approximate surface area is 66.2 Å². The van der Waals surface area contributed by atoms with Gasteiger partial charge in [-0.25, -0.2) is 4.98 Å². The fourth-order valence-corrected chi connectivity index (χ4v) is 1.74. The summed E-state index contributed by atoms with van der Waals surface area (Å²) in [5, 5.41) is 3.44. The van der Waals surface area contributed by atoms with Crippen molar-refractivity contribution in [2.24, 2.45) is 0 Å². The van der Waals surface area contributed by atoms with Crippen LogP contribution in [0.15, 0.2) is 6.33 Å². The van der Waals surface area contributed by atoms with Gasteiger partial charge in [-0.3, -0.25) is 0 Å². The van der Waals surface area contributed by atoms with Crippen molar-refractivity contribution in [3.8, 4) is 0 Å². The number of nitrogens with one attached hydrogen (secondary N) is 2. The van der Waals surface area contributed by atoms with Gasteiger partial charge in [-0.05, 0) is 13.8 Å². The van der Waals surface area contributed by atoms with Crippen molar-refractivity contribution >= 4 is 0 Å². The molecule has 0 radical (unpaired) electrons. The van der Waals surface area contributed by atoms with Crippen LogP contribution in [-0.2, 0) is 6.42 Å². The number of hydrogen-bond donors (Lipinski definition) is 2. The van der Waals surface area contributed by atoms with Gasteiger partial charge in [-0.1, -0.05) is 0 Å². The first-order chi connectivity index (χ1) is 5.27. The second-order valence-electron chi connectivity index (χ2n) is 3.26. The number of aromatic nitrogens is 2. The molecule has 0 unspecified atom stereocenters. The third kappa shape index (κ3) is 1.05. The molecule has 1 aromatic rings. The van der Waals surface area contributed by atoms with Crippen LogP contribution in [0.2, 0.25) is 0 Å². The van der Waals surface area contributed by atoms with Crippen LogP contribution in [0.4, 0.5) is 0 Å². The molecule has 0 aliphatic carbocycles. The maximum atomic E-state index is 4.25. The van der Waals surface area contributed by atoms with Gasteiger partial charge in [0.1, 0.15) is 0 Å². The number of H-pyrrole nitrogens is 1. The molecule has 0 saturated carbocycles. The molecule has 11 heavy (non-hydrogen) atoms. The average Bonchev–Trinajstić information content (AvgIpc) is 2.34. The van der Waals surface area contributed by atoms with E-state index in [0.717, 1.165) is 6.42 Å². The van der Waals surface area contributed by atoms with E-state index in [1.807, 2.05) is 0 Å². The van der Waals surface area contributed by atoms with E-state index < -0.39 is 0 Å². The highest BCUT2D eigenvalue weighted by Crippen LogP contribution is 2.20. The first kappa shape index (κ1) is 6.85. The molecule has 0 amide bonds. The van der Waals surface area contributed by atoms with E-state index in [9.17, 15) is 0 Å². The molecule has 3 nitrogen and oxygen atoms in total. The summed E-state index contributed by atoms with van der Waals surface area (Å²) in [7, 11) is 0. The number of aromatic amines is 1. The summed E-state index contributed by atoms with van der Waals surface area (Å²) < 4.78 is 0. The van der Waals surface area contributed by atoms with Crippen LogP contribution >= 0.6 is 0 Å². The largest absolute Gasteiger partial charge is 0.348 e. The summed E-state index contributed by atoms with van der Waals surface area (Å²) in [6, 6.07) is 0.970. The minimum absolute atomic E-state index is 0.403. The summed E-state index contributed by atoms with van der Waals surface area (Å²) >= 11 is 0. The summed E-state index contributed by atoms with van der Waals surface area (Å²) in [6.45, 7) is 4.34. The van der Waals surface area contributed by atoms with E-state index in [0.29, 0.717) is 12.1 Å². The van der Waals surface area contributed by atoms with Gasteiger partial charge in [0.15, 0.2) is 0 Å². The third-order valence-corrected chi connectivity index (χ3v) is 2.21. The molecule has 1 aromatic heterocycles. The van der Waals surface area contributed by atoms with Gasteiger partial charge in [-0.2, -0.15) is 0 Å². The highest BCUT2D eigenvalue weighted by molar-refractivity contribution is 5.19. The van der Waals surface area contributed by atoms with E-state index >= 15 is 0 Å². The molecule has 1 aliphatic rings. The van der Waals surface area contributed by atoms with E-state index in [1.165, 1.54) is 11.4 Å². The molecular weight excluding hydrogens is 138 g/mol. The minimum atomic E-state index is 0.403. The fraction of sp³-hybridized carbons (Fsp3) is 0.625. The van der Waals surface area contributed by atoms with Crippen LogP contribution in [0, 0.1) is 0 Å². The lowest BCUT2D eigenvalue weighted by Gasteiger charge is -2.24. The Bertz CT molecular complexity index is 254. The zero-order chi connectivity index (χ0) is 7.84. The molecule has 2 rings (SSSR count). The fourth-order valence-electron chi connectivity index (χ4n) is 1.74.